The van der Waals surface area contributed by atoms with Crippen molar-refractivity contribution in [3.63, 3.8) is 0 Å². The number of hydrogen-bond donors (Lipinski definition) is 7. The van der Waals surface area contributed by atoms with Gasteiger partial charge in [-0.25, -0.2) is 8.42 Å². The van der Waals surface area contributed by atoms with Gasteiger partial charge in [0, 0.05) is 43.5 Å². The van der Waals surface area contributed by atoms with Crippen molar-refractivity contribution in [1.82, 2.24) is 20.7 Å². The molecule has 2 rings (SSSR count). The molecule has 2 aromatic rings. The Labute approximate surface area is 232 Å². The van der Waals surface area contributed by atoms with Crippen molar-refractivity contribution in [2.45, 2.75) is 42.7 Å². The summed E-state index contributed by atoms with van der Waals surface area (Å²) in [5.74, 6) is -3.11. The molecule has 2 aromatic carbocycles. The van der Waals surface area contributed by atoms with Crippen LogP contribution >= 0.6 is 0 Å². The lowest BCUT2D eigenvalue weighted by molar-refractivity contribution is -0.137. The molecule has 8 N–H and O–H groups in total. The van der Waals surface area contributed by atoms with Gasteiger partial charge >= 0.3 is 5.97 Å². The highest BCUT2D eigenvalue weighted by molar-refractivity contribution is 7.89. The van der Waals surface area contributed by atoms with E-state index < -0.39 is 52.9 Å². The number of hydrogen-bond acceptors (Lipinski definition) is 8. The van der Waals surface area contributed by atoms with E-state index in [-0.39, 0.29) is 23.7 Å². The van der Waals surface area contributed by atoms with Gasteiger partial charge in [0.25, 0.3) is 0 Å². The van der Waals surface area contributed by atoms with Gasteiger partial charge in [-0.3, -0.25) is 24.6 Å². The number of fused-ring (bicyclic) bond motifs is 1. The minimum atomic E-state index is -4.31. The Morgan fingerprint density at radius 1 is 1.07 bits per heavy atom. The van der Waals surface area contributed by atoms with Crippen molar-refractivity contribution in [2.24, 2.45) is 5.73 Å². The Hall–Kier alpha value is -4.24. The number of carbonyl (C=O) groups is 3. The summed E-state index contributed by atoms with van der Waals surface area (Å²) >= 11 is 0. The highest BCUT2D eigenvalue weighted by Crippen LogP contribution is 2.30. The van der Waals surface area contributed by atoms with Crippen LogP contribution in [0.25, 0.3) is 10.8 Å². The zero-order valence-electron chi connectivity index (χ0n) is 22.2. The maximum atomic E-state index is 13.4. The van der Waals surface area contributed by atoms with Crippen molar-refractivity contribution >= 4 is 56.5 Å². The number of nitrogens with two attached hydrogens (primary N) is 1. The molecule has 14 nitrogen and oxygen atoms in total. The second kappa shape index (κ2) is 14.8. The molecule has 0 saturated heterocycles. The van der Waals surface area contributed by atoms with E-state index in [0.717, 1.165) is 5.69 Å². The number of carboxylic acid groups (broad SMARTS) is 1. The molecule has 1 radical (unpaired) electrons. The summed E-state index contributed by atoms with van der Waals surface area (Å²) in [4.78, 5) is 49.2. The third kappa shape index (κ3) is 9.50. The molecule has 2 atom stereocenters. The van der Waals surface area contributed by atoms with E-state index in [9.17, 15) is 27.6 Å². The molecule has 0 unspecified atom stereocenters. The number of nitrogens with zero attached hydrogens (tertiary/aromatic N) is 1. The monoisotopic (exact) mass is 576 g/mol. The van der Waals surface area contributed by atoms with Crippen LogP contribution in [0.5, 0.6) is 0 Å². The van der Waals surface area contributed by atoms with Crippen molar-refractivity contribution < 1.29 is 32.7 Å². The summed E-state index contributed by atoms with van der Waals surface area (Å²) in [6.45, 7) is -0.285. The van der Waals surface area contributed by atoms with Crippen molar-refractivity contribution in [1.29, 1.82) is 5.41 Å². The quantitative estimate of drug-likeness (QED) is 0.0762. The number of rotatable bonds is 16. The molecule has 0 aliphatic carbocycles. The van der Waals surface area contributed by atoms with E-state index in [2.05, 4.69) is 20.7 Å². The lowest BCUT2D eigenvalue weighted by Crippen LogP contribution is -2.50. The maximum absolute atomic E-state index is 13.4. The first-order chi connectivity index (χ1) is 18.9. The van der Waals surface area contributed by atoms with Crippen LogP contribution in [-0.2, 0) is 29.2 Å². The van der Waals surface area contributed by atoms with Crippen molar-refractivity contribution in [3.8, 4) is 0 Å². The summed E-state index contributed by atoms with van der Waals surface area (Å²) in [6.07, 6.45) is 1.39. The second-order valence-electron chi connectivity index (χ2n) is 9.07. The number of carboxylic acids is 1. The van der Waals surface area contributed by atoms with Crippen LogP contribution < -0.4 is 31.3 Å². The number of anilines is 1. The maximum Gasteiger partial charge on any atom is 0.303 e. The summed E-state index contributed by atoms with van der Waals surface area (Å²) in [5.41, 5.74) is 5.95. The summed E-state index contributed by atoms with van der Waals surface area (Å²) in [6, 6.07) is 7.41. The zero-order chi connectivity index (χ0) is 29.9. The third-order valence-electron chi connectivity index (χ3n) is 5.78. The van der Waals surface area contributed by atoms with Crippen molar-refractivity contribution in [3.05, 3.63) is 36.4 Å². The molecule has 0 spiro atoms. The third-order valence-corrected chi connectivity index (χ3v) is 7.31. The predicted molar refractivity (Wildman–Crippen MR) is 149 cm³/mol. The van der Waals surface area contributed by atoms with Crippen LogP contribution in [0.15, 0.2) is 41.3 Å². The van der Waals surface area contributed by atoms with Gasteiger partial charge in [0.2, 0.25) is 28.1 Å². The van der Waals surface area contributed by atoms with Gasteiger partial charge in [-0.05, 0) is 31.4 Å². The first-order valence-corrected chi connectivity index (χ1v) is 13.8. The molecule has 0 heterocycles. The predicted octanol–water partition coefficient (Wildman–Crippen LogP) is -0.609. The first-order valence-electron chi connectivity index (χ1n) is 12.3. The van der Waals surface area contributed by atoms with E-state index in [1.165, 1.54) is 6.07 Å². The molecule has 0 aliphatic heterocycles. The van der Waals surface area contributed by atoms with Gasteiger partial charge in [0.1, 0.15) is 6.04 Å². The Morgan fingerprint density at radius 2 is 1.75 bits per heavy atom. The van der Waals surface area contributed by atoms with Crippen LogP contribution in [0.1, 0.15) is 25.7 Å². The number of carbonyl (C=O) groups excluding carboxylic acids is 3. The van der Waals surface area contributed by atoms with E-state index in [0.29, 0.717) is 23.7 Å². The van der Waals surface area contributed by atoms with Crippen LogP contribution in [0.4, 0.5) is 5.69 Å². The molecule has 0 aliphatic rings. The molecule has 0 saturated carbocycles. The minimum absolute atomic E-state index is 0.0943. The Bertz CT molecular complexity index is 1350. The van der Waals surface area contributed by atoms with E-state index >= 15 is 0 Å². The minimum Gasteiger partial charge on any atom is -0.481 e. The SMILES string of the molecule is CN(C)c1cccc2c(S(=O)(=O)N[C@@H](CCC(=O)O)C(=O)NCC(=O)N[C@H]([C]=O)CCCNC(=N)N)cccc12. The Balaban J connectivity index is 2.14. The Morgan fingerprint density at radius 3 is 2.38 bits per heavy atom. The fourth-order valence-corrected chi connectivity index (χ4v) is 5.33. The summed E-state index contributed by atoms with van der Waals surface area (Å²) in [5, 5.41) is 24.5. The van der Waals surface area contributed by atoms with Gasteiger partial charge in [-0.2, -0.15) is 4.72 Å². The normalized spacial score (nSPS) is 12.7. The fourth-order valence-electron chi connectivity index (χ4n) is 3.88. The Kier molecular flexibility index (Phi) is 11.8. The average molecular weight is 577 g/mol. The number of guanidine groups is 1. The van der Waals surface area contributed by atoms with Crippen LogP contribution in [0.3, 0.4) is 0 Å². The molecule has 0 bridgehead atoms. The number of benzene rings is 2. The van der Waals surface area contributed by atoms with Gasteiger partial charge in [-0.15, -0.1) is 0 Å². The lowest BCUT2D eigenvalue weighted by atomic mass is 10.1. The molecular weight excluding hydrogens is 542 g/mol. The first kappa shape index (κ1) is 32.0. The number of nitrogens with one attached hydrogen (secondary N) is 5. The van der Waals surface area contributed by atoms with Gasteiger partial charge < -0.3 is 31.7 Å². The van der Waals surface area contributed by atoms with E-state index in [1.807, 2.05) is 25.1 Å². The lowest BCUT2D eigenvalue weighted by Gasteiger charge is -2.20. The van der Waals surface area contributed by atoms with Gasteiger partial charge in [0.15, 0.2) is 5.96 Å². The summed E-state index contributed by atoms with van der Waals surface area (Å²) < 4.78 is 29.0. The smallest absolute Gasteiger partial charge is 0.303 e. The largest absolute Gasteiger partial charge is 0.481 e. The zero-order valence-corrected chi connectivity index (χ0v) is 23.0. The average Bonchev–Trinajstić information content (AvgIpc) is 2.90. The molecule has 0 fully saturated rings. The van der Waals surface area contributed by atoms with Crippen LogP contribution in [0, 0.1) is 5.41 Å². The van der Waals surface area contributed by atoms with Gasteiger partial charge in [-0.1, -0.05) is 24.3 Å². The topological polar surface area (TPSA) is 224 Å². The molecule has 0 aromatic heterocycles. The molecular formula is C25H34N7O7S. The highest BCUT2D eigenvalue weighted by Gasteiger charge is 2.28. The molecule has 217 valence electrons. The van der Waals surface area contributed by atoms with Crippen LogP contribution in [0.2, 0.25) is 0 Å². The molecule has 40 heavy (non-hydrogen) atoms. The van der Waals surface area contributed by atoms with E-state index in [1.54, 1.807) is 30.6 Å². The van der Waals surface area contributed by atoms with Crippen molar-refractivity contribution in [2.75, 3.05) is 32.1 Å². The fraction of sp³-hybridized carbons (Fsp3) is 0.400. The van der Waals surface area contributed by atoms with Crippen LogP contribution in [-0.4, -0.2) is 82.8 Å². The number of aliphatic carboxylic acids is 1. The standard InChI is InChI=1S/C25H34N7O7S/c1-32(2)20-9-3-8-18-17(20)7-4-10-21(18)40(38,39)31-19(11-12-23(35)36)24(37)29-14-22(34)30-16(15-33)6-5-13-28-25(26)27/h3-4,7-10,16,19,31H,5-6,11-14H2,1-2H3,(H,29,37)(H,30,34)(H,35,36)(H4,26,27,28)/t16-,19-/m0/s1. The molecule has 15 heteroatoms. The second-order valence-corrected chi connectivity index (χ2v) is 10.7. The summed E-state index contributed by atoms with van der Waals surface area (Å²) in [7, 11) is -0.672. The van der Waals surface area contributed by atoms with Gasteiger partial charge in [0.05, 0.1) is 17.5 Å². The van der Waals surface area contributed by atoms with E-state index in [4.69, 9.17) is 16.2 Å². The highest BCUT2D eigenvalue weighted by atomic mass is 32.2. The molecule has 2 amide bonds. The number of sulfonamides is 1. The number of amides is 2.